The first-order valence-electron chi connectivity index (χ1n) is 17.5. The van der Waals surface area contributed by atoms with Crippen LogP contribution in [0.5, 0.6) is 0 Å². The van der Waals surface area contributed by atoms with E-state index in [0.29, 0.717) is 37.0 Å². The first-order chi connectivity index (χ1) is 24.9. The van der Waals surface area contributed by atoms with Gasteiger partial charge in [-0.1, -0.05) is 36.4 Å². The van der Waals surface area contributed by atoms with Crippen molar-refractivity contribution < 1.29 is 13.6 Å². The molecule has 52 heavy (non-hydrogen) atoms. The fraction of sp³-hybridized carbons (Fsp3) is 0.325. The normalized spacial score (nSPS) is 16.5. The highest BCUT2D eigenvalue weighted by Crippen LogP contribution is 2.29. The highest BCUT2D eigenvalue weighted by Gasteiger charge is 2.29. The van der Waals surface area contributed by atoms with E-state index in [9.17, 15) is 23.2 Å². The SMILES string of the molecule is CN(CCc1ccc(-c2cccc(-n3c(=O)n(C4CCC(NC(=O)c5cn6cc(F)ccc6n5)CC4)c(=O)c4cc(F)cnc43)c2)cc1)C(C)(C)C. The monoisotopic (exact) mass is 705 g/mol. The first-order valence-corrected chi connectivity index (χ1v) is 17.5. The lowest BCUT2D eigenvalue weighted by atomic mass is 9.90. The van der Waals surface area contributed by atoms with E-state index in [2.05, 4.69) is 72.3 Å². The average Bonchev–Trinajstić information content (AvgIpc) is 3.55. The fourth-order valence-electron chi connectivity index (χ4n) is 6.87. The van der Waals surface area contributed by atoms with Gasteiger partial charge >= 0.3 is 5.69 Å². The van der Waals surface area contributed by atoms with Crippen molar-refractivity contribution in [3.8, 4) is 16.8 Å². The molecule has 0 radical (unpaired) electrons. The number of hydrogen-bond donors (Lipinski definition) is 1. The Morgan fingerprint density at radius 1 is 0.923 bits per heavy atom. The third-order valence-corrected chi connectivity index (χ3v) is 10.2. The summed E-state index contributed by atoms with van der Waals surface area (Å²) >= 11 is 0. The molecule has 12 heteroatoms. The number of nitrogens with one attached hydrogen (secondary N) is 1. The third-order valence-electron chi connectivity index (χ3n) is 10.2. The summed E-state index contributed by atoms with van der Waals surface area (Å²) in [4.78, 5) is 52.0. The van der Waals surface area contributed by atoms with Crippen LogP contribution in [0.2, 0.25) is 0 Å². The molecule has 10 nitrogen and oxygen atoms in total. The number of amides is 1. The minimum Gasteiger partial charge on any atom is -0.348 e. The van der Waals surface area contributed by atoms with Gasteiger partial charge in [0.25, 0.3) is 11.5 Å². The first kappa shape index (κ1) is 34.9. The number of likely N-dealkylation sites (N-methyl/N-ethyl adjacent to an activating group) is 1. The fourth-order valence-corrected chi connectivity index (χ4v) is 6.87. The van der Waals surface area contributed by atoms with Crippen molar-refractivity contribution in [2.75, 3.05) is 13.6 Å². The highest BCUT2D eigenvalue weighted by molar-refractivity contribution is 5.93. The van der Waals surface area contributed by atoms with E-state index in [4.69, 9.17) is 0 Å². The molecule has 1 aliphatic rings. The summed E-state index contributed by atoms with van der Waals surface area (Å²) in [6.07, 6.45) is 6.52. The summed E-state index contributed by atoms with van der Waals surface area (Å²) in [5.74, 6) is -1.50. The van der Waals surface area contributed by atoms with E-state index in [-0.39, 0.29) is 34.2 Å². The maximum absolute atomic E-state index is 14.5. The third kappa shape index (κ3) is 7.03. The average molecular weight is 706 g/mol. The predicted octanol–water partition coefficient (Wildman–Crippen LogP) is 6.33. The molecule has 268 valence electrons. The zero-order chi connectivity index (χ0) is 36.7. The molecule has 0 saturated heterocycles. The van der Waals surface area contributed by atoms with Crippen LogP contribution in [0.15, 0.2) is 94.9 Å². The molecule has 1 fully saturated rings. The molecule has 4 heterocycles. The number of nitrogens with zero attached hydrogens (tertiary/aromatic N) is 6. The van der Waals surface area contributed by atoms with Crippen molar-refractivity contribution in [1.82, 2.24) is 33.7 Å². The van der Waals surface area contributed by atoms with Crippen molar-refractivity contribution in [2.24, 2.45) is 0 Å². The number of carbonyl (C=O) groups excluding carboxylic acids is 1. The van der Waals surface area contributed by atoms with E-state index in [0.717, 1.165) is 36.4 Å². The number of rotatable bonds is 8. The Labute approximate surface area is 299 Å². The second kappa shape index (κ2) is 13.9. The second-order valence-corrected chi connectivity index (χ2v) is 14.6. The van der Waals surface area contributed by atoms with Crippen LogP contribution in [0.4, 0.5) is 8.78 Å². The van der Waals surface area contributed by atoms with Gasteiger partial charge in [0.05, 0.1) is 17.3 Å². The molecule has 1 N–H and O–H groups in total. The van der Waals surface area contributed by atoms with Gasteiger partial charge in [0.1, 0.15) is 23.0 Å². The van der Waals surface area contributed by atoms with Crippen LogP contribution in [-0.4, -0.2) is 59.5 Å². The topological polar surface area (TPSA) is 107 Å². The van der Waals surface area contributed by atoms with Gasteiger partial charge in [-0.3, -0.25) is 14.2 Å². The lowest BCUT2D eigenvalue weighted by molar-refractivity contribution is 0.0917. The summed E-state index contributed by atoms with van der Waals surface area (Å²) in [6, 6.07) is 19.0. The molecule has 2 aromatic carbocycles. The Morgan fingerprint density at radius 3 is 2.40 bits per heavy atom. The van der Waals surface area contributed by atoms with Gasteiger partial charge in [0, 0.05) is 36.6 Å². The number of hydrogen-bond acceptors (Lipinski definition) is 6. The Morgan fingerprint density at radius 2 is 1.67 bits per heavy atom. The number of carbonyl (C=O) groups is 1. The number of fused-ring (bicyclic) bond motifs is 2. The van der Waals surface area contributed by atoms with Crippen molar-refractivity contribution >= 4 is 22.6 Å². The molecule has 0 unspecified atom stereocenters. The zero-order valence-electron chi connectivity index (χ0n) is 29.6. The molecule has 1 amide bonds. The number of pyridine rings is 2. The number of benzene rings is 2. The Bertz CT molecular complexity index is 2400. The Balaban J connectivity index is 1.14. The standard InChI is InChI=1S/C40H41F2N7O3/c1-40(2,3)46(4)19-18-25-8-10-26(11-9-25)27-6-5-7-32(20-27)48-36-33(21-29(42)22-43-36)38(51)49(39(48)52)31-15-13-30(14-16-31)44-37(50)34-24-47-23-28(41)12-17-35(47)45-34/h5-12,17,20-24,30-31H,13-16,18-19H2,1-4H3,(H,44,50). The molecule has 4 aromatic heterocycles. The summed E-state index contributed by atoms with van der Waals surface area (Å²) in [5, 5.41) is 3.00. The molecule has 6 aromatic rings. The van der Waals surface area contributed by atoms with Crippen LogP contribution in [0, 0.1) is 11.6 Å². The van der Waals surface area contributed by atoms with Gasteiger partial charge in [-0.25, -0.2) is 28.1 Å². The maximum Gasteiger partial charge on any atom is 0.337 e. The minimum absolute atomic E-state index is 0.00768. The number of aromatic nitrogens is 5. The van der Waals surface area contributed by atoms with Gasteiger partial charge in [0.2, 0.25) is 0 Å². The van der Waals surface area contributed by atoms with E-state index < -0.39 is 28.9 Å². The van der Waals surface area contributed by atoms with E-state index in [1.807, 2.05) is 18.2 Å². The predicted molar refractivity (Wildman–Crippen MR) is 197 cm³/mol. The quantitative estimate of drug-likeness (QED) is 0.199. The number of imidazole rings is 1. The Hall–Kier alpha value is -5.49. The van der Waals surface area contributed by atoms with Crippen LogP contribution in [-0.2, 0) is 6.42 Å². The molecule has 0 aliphatic heterocycles. The van der Waals surface area contributed by atoms with Crippen LogP contribution >= 0.6 is 0 Å². The summed E-state index contributed by atoms with van der Waals surface area (Å²) in [6.45, 7) is 7.51. The molecule has 1 aliphatic carbocycles. The summed E-state index contributed by atoms with van der Waals surface area (Å²) in [5.41, 5.74) is 3.19. The van der Waals surface area contributed by atoms with Gasteiger partial charge in [-0.2, -0.15) is 0 Å². The van der Waals surface area contributed by atoms with Crippen molar-refractivity contribution in [1.29, 1.82) is 0 Å². The van der Waals surface area contributed by atoms with Crippen molar-refractivity contribution in [3.63, 3.8) is 0 Å². The molecular formula is C40H41F2N7O3. The van der Waals surface area contributed by atoms with E-state index >= 15 is 0 Å². The van der Waals surface area contributed by atoms with Crippen molar-refractivity contribution in [2.45, 2.75) is 70.5 Å². The van der Waals surface area contributed by atoms with Crippen LogP contribution in [0.25, 0.3) is 33.5 Å². The molecule has 1 saturated carbocycles. The summed E-state index contributed by atoms with van der Waals surface area (Å²) in [7, 11) is 2.12. The minimum atomic E-state index is -0.676. The Kier molecular flexibility index (Phi) is 9.35. The van der Waals surface area contributed by atoms with Crippen molar-refractivity contribution in [3.05, 3.63) is 129 Å². The molecule has 0 bridgehead atoms. The van der Waals surface area contributed by atoms with Crippen LogP contribution in [0.1, 0.15) is 68.5 Å². The largest absolute Gasteiger partial charge is 0.348 e. The van der Waals surface area contributed by atoms with Gasteiger partial charge < -0.3 is 14.6 Å². The molecule has 0 spiro atoms. The van der Waals surface area contributed by atoms with Crippen LogP contribution < -0.4 is 16.6 Å². The molecule has 7 rings (SSSR count). The van der Waals surface area contributed by atoms with Crippen LogP contribution in [0.3, 0.4) is 0 Å². The van der Waals surface area contributed by atoms with Gasteiger partial charge in [0.15, 0.2) is 5.65 Å². The second-order valence-electron chi connectivity index (χ2n) is 14.6. The van der Waals surface area contributed by atoms with E-state index in [1.54, 1.807) is 6.07 Å². The summed E-state index contributed by atoms with van der Waals surface area (Å²) < 4.78 is 32.2. The molecule has 0 atom stereocenters. The lowest BCUT2D eigenvalue weighted by Crippen LogP contribution is -2.45. The molecular weight excluding hydrogens is 664 g/mol. The van der Waals surface area contributed by atoms with Gasteiger partial charge in [-0.05, 0) is 107 Å². The highest BCUT2D eigenvalue weighted by atomic mass is 19.1. The van der Waals surface area contributed by atoms with E-state index in [1.165, 1.54) is 43.6 Å². The maximum atomic E-state index is 14.5. The zero-order valence-corrected chi connectivity index (χ0v) is 29.6. The smallest absolute Gasteiger partial charge is 0.337 e. The van der Waals surface area contributed by atoms with Gasteiger partial charge in [-0.15, -0.1) is 0 Å². The number of halogens is 2. The lowest BCUT2D eigenvalue weighted by Gasteiger charge is -2.31.